The van der Waals surface area contributed by atoms with Crippen LogP contribution in [-0.2, 0) is 6.42 Å². The topological polar surface area (TPSA) is 138 Å². The molecular weight excluding hydrogens is 436 g/mol. The van der Waals surface area contributed by atoms with E-state index < -0.39 is 0 Å². The average Bonchev–Trinajstić information content (AvgIpc) is 3.63. The van der Waals surface area contributed by atoms with E-state index >= 15 is 0 Å². The van der Waals surface area contributed by atoms with Crippen LogP contribution in [0.3, 0.4) is 0 Å². The second kappa shape index (κ2) is 9.87. The molecule has 4 aromatic heterocycles. The van der Waals surface area contributed by atoms with Gasteiger partial charge in [0.25, 0.3) is 0 Å². The monoisotopic (exact) mass is 462 g/mol. The van der Waals surface area contributed by atoms with Crippen molar-refractivity contribution >= 4 is 17.6 Å². The van der Waals surface area contributed by atoms with Crippen LogP contribution < -0.4 is 15.0 Å². The number of hydrogen-bond acceptors (Lipinski definition) is 10. The Hall–Kier alpha value is -3.99. The minimum atomic E-state index is -0.109. The molecule has 11 heteroatoms. The molecule has 0 amide bonds. The maximum absolute atomic E-state index is 9.20. The number of hydrogen-bond donors (Lipinski definition) is 3. The maximum atomic E-state index is 9.20. The predicted octanol–water partition coefficient (Wildman–Crippen LogP) is 3.27. The van der Waals surface area contributed by atoms with E-state index in [4.69, 9.17) is 14.2 Å². The smallest absolute Gasteiger partial charge is 0.231 e. The van der Waals surface area contributed by atoms with E-state index in [1.54, 1.807) is 12.3 Å². The van der Waals surface area contributed by atoms with Gasteiger partial charge in [0.15, 0.2) is 11.6 Å². The van der Waals surface area contributed by atoms with Gasteiger partial charge >= 0.3 is 0 Å². The molecule has 1 saturated heterocycles. The molecule has 5 heterocycles. The summed E-state index contributed by atoms with van der Waals surface area (Å²) in [5, 5.41) is 23.9. The van der Waals surface area contributed by atoms with Gasteiger partial charge in [-0.25, -0.2) is 0 Å². The molecule has 0 aromatic carbocycles. The zero-order chi connectivity index (χ0) is 23.3. The highest BCUT2D eigenvalue weighted by atomic mass is 16.5. The number of aromatic nitrogens is 6. The van der Waals surface area contributed by atoms with E-state index in [9.17, 15) is 5.11 Å². The normalized spacial score (nSPS) is 15.6. The number of nitrogens with zero attached hydrogens (tertiary/aromatic N) is 6. The Morgan fingerprint density at radius 3 is 2.94 bits per heavy atom. The summed E-state index contributed by atoms with van der Waals surface area (Å²) in [5.74, 6) is 2.80. The molecule has 0 aliphatic carbocycles. The van der Waals surface area contributed by atoms with Crippen molar-refractivity contribution < 1.29 is 14.4 Å². The highest BCUT2D eigenvalue weighted by molar-refractivity contribution is 5.57. The number of aliphatic hydroxyl groups excluding tert-OH is 1. The van der Waals surface area contributed by atoms with Crippen LogP contribution in [0.25, 0.3) is 11.4 Å². The van der Waals surface area contributed by atoms with Gasteiger partial charge in [0.2, 0.25) is 11.8 Å². The predicted molar refractivity (Wildman–Crippen MR) is 125 cm³/mol. The van der Waals surface area contributed by atoms with Crippen molar-refractivity contribution in [2.24, 2.45) is 0 Å². The van der Waals surface area contributed by atoms with Crippen LogP contribution in [-0.4, -0.2) is 55.2 Å². The lowest BCUT2D eigenvalue weighted by Crippen LogP contribution is -2.25. The molecule has 11 nitrogen and oxygen atoms in total. The molecule has 1 aliphatic rings. The van der Waals surface area contributed by atoms with Gasteiger partial charge in [0.05, 0.1) is 18.3 Å². The molecule has 34 heavy (non-hydrogen) atoms. The van der Waals surface area contributed by atoms with Crippen LogP contribution in [0.5, 0.6) is 5.88 Å². The number of aliphatic hydroxyl groups is 1. The largest absolute Gasteiger partial charge is 0.475 e. The van der Waals surface area contributed by atoms with Crippen molar-refractivity contribution in [3.8, 4) is 17.3 Å². The zero-order valence-electron chi connectivity index (χ0n) is 18.8. The van der Waals surface area contributed by atoms with Crippen LogP contribution in [0.15, 0.2) is 47.1 Å². The quantitative estimate of drug-likeness (QED) is 0.340. The average molecular weight is 463 g/mol. The van der Waals surface area contributed by atoms with Crippen molar-refractivity contribution in [2.75, 3.05) is 30.0 Å². The minimum absolute atomic E-state index is 0.0667. The Morgan fingerprint density at radius 2 is 2.15 bits per heavy atom. The molecule has 0 saturated carbocycles. The first-order valence-electron chi connectivity index (χ1n) is 11.3. The maximum Gasteiger partial charge on any atom is 0.231 e. The molecule has 0 spiro atoms. The number of pyridine rings is 1. The molecule has 1 atom stereocenters. The fourth-order valence-electron chi connectivity index (χ4n) is 3.95. The van der Waals surface area contributed by atoms with E-state index in [1.165, 1.54) is 0 Å². The van der Waals surface area contributed by atoms with Gasteiger partial charge in [-0.2, -0.15) is 15.1 Å². The van der Waals surface area contributed by atoms with Crippen LogP contribution in [0.1, 0.15) is 37.3 Å². The molecule has 3 N–H and O–H groups in total. The van der Waals surface area contributed by atoms with Gasteiger partial charge in [0, 0.05) is 36.6 Å². The zero-order valence-corrected chi connectivity index (χ0v) is 18.8. The summed E-state index contributed by atoms with van der Waals surface area (Å²) >= 11 is 0. The summed E-state index contributed by atoms with van der Waals surface area (Å²) in [5.41, 5.74) is 2.47. The fourth-order valence-corrected chi connectivity index (χ4v) is 3.95. The Balaban J connectivity index is 1.43. The van der Waals surface area contributed by atoms with Crippen molar-refractivity contribution in [3.63, 3.8) is 0 Å². The summed E-state index contributed by atoms with van der Waals surface area (Å²) in [6.45, 7) is 2.84. The molecule has 0 radical (unpaired) electrons. The summed E-state index contributed by atoms with van der Waals surface area (Å²) in [4.78, 5) is 15.8. The standard InChI is InChI=1S/C23H26N8O3/c1-2-15-12-21(29-28-15)25-20-14-22(33-11-10-32)27-23(26-20)31-9-5-7-18(31)19-13-17(30-34-19)16-6-3-4-8-24-16/h3-4,6,8,12-14,18,32H,2,5,7,9-11H2,1H3,(H2,25,26,27,28,29)/t18-/m0/s1. The number of rotatable bonds is 9. The van der Waals surface area contributed by atoms with E-state index in [2.05, 4.69) is 42.5 Å². The highest BCUT2D eigenvalue weighted by Gasteiger charge is 2.32. The van der Waals surface area contributed by atoms with Crippen molar-refractivity contribution in [3.05, 3.63) is 54.0 Å². The molecule has 4 aromatic rings. The summed E-state index contributed by atoms with van der Waals surface area (Å²) in [6.07, 6.45) is 4.41. The van der Waals surface area contributed by atoms with Gasteiger partial charge in [-0.05, 0) is 31.4 Å². The SMILES string of the molecule is CCc1cc(Nc2cc(OCCO)nc(N3CCC[C@H]3c3cc(-c4ccccn4)no3)n2)n[nH]1. The Morgan fingerprint density at radius 1 is 1.21 bits per heavy atom. The van der Waals surface area contributed by atoms with E-state index in [0.29, 0.717) is 29.2 Å². The summed E-state index contributed by atoms with van der Waals surface area (Å²) in [6, 6.07) is 11.2. The van der Waals surface area contributed by atoms with E-state index in [1.807, 2.05) is 30.3 Å². The number of aromatic amines is 1. The molecule has 0 bridgehead atoms. The third kappa shape index (κ3) is 4.69. The highest BCUT2D eigenvalue weighted by Crippen LogP contribution is 2.37. The molecule has 1 aliphatic heterocycles. The number of aryl methyl sites for hydroxylation is 1. The van der Waals surface area contributed by atoms with Crippen LogP contribution in [0.2, 0.25) is 0 Å². The Kier molecular flexibility index (Phi) is 6.34. The summed E-state index contributed by atoms with van der Waals surface area (Å²) in [7, 11) is 0. The first-order chi connectivity index (χ1) is 16.7. The molecule has 1 fully saturated rings. The number of H-pyrrole nitrogens is 1. The van der Waals surface area contributed by atoms with E-state index in [-0.39, 0.29) is 19.3 Å². The van der Waals surface area contributed by atoms with Crippen LogP contribution in [0, 0.1) is 0 Å². The van der Waals surface area contributed by atoms with Crippen molar-refractivity contribution in [1.29, 1.82) is 0 Å². The lowest BCUT2D eigenvalue weighted by molar-refractivity contribution is 0.196. The number of ether oxygens (including phenoxy) is 1. The molecule has 0 unspecified atom stereocenters. The second-order valence-electron chi connectivity index (χ2n) is 7.90. The molecule has 5 rings (SSSR count). The Labute approximate surface area is 196 Å². The van der Waals surface area contributed by atoms with E-state index in [0.717, 1.165) is 43.0 Å². The molecule has 176 valence electrons. The minimum Gasteiger partial charge on any atom is -0.475 e. The van der Waals surface area contributed by atoms with Gasteiger partial charge in [-0.1, -0.05) is 18.1 Å². The van der Waals surface area contributed by atoms with Gasteiger partial charge < -0.3 is 24.6 Å². The van der Waals surface area contributed by atoms with Gasteiger partial charge in [0.1, 0.15) is 18.1 Å². The Bertz CT molecular complexity index is 1230. The van der Waals surface area contributed by atoms with Crippen molar-refractivity contribution in [2.45, 2.75) is 32.2 Å². The molecular formula is C23H26N8O3. The van der Waals surface area contributed by atoms with Crippen LogP contribution >= 0.6 is 0 Å². The van der Waals surface area contributed by atoms with Crippen LogP contribution in [0.4, 0.5) is 17.6 Å². The third-order valence-electron chi connectivity index (χ3n) is 5.59. The van der Waals surface area contributed by atoms with Gasteiger partial charge in [-0.15, -0.1) is 0 Å². The van der Waals surface area contributed by atoms with Crippen molar-refractivity contribution in [1.82, 2.24) is 30.3 Å². The second-order valence-corrected chi connectivity index (χ2v) is 7.90. The lowest BCUT2D eigenvalue weighted by atomic mass is 10.1. The lowest BCUT2D eigenvalue weighted by Gasteiger charge is -2.23. The fraction of sp³-hybridized carbons (Fsp3) is 0.348. The summed E-state index contributed by atoms with van der Waals surface area (Å²) < 4.78 is 11.3. The number of nitrogens with one attached hydrogen (secondary N) is 2. The third-order valence-corrected chi connectivity index (χ3v) is 5.59. The number of anilines is 3. The first kappa shape index (κ1) is 21.8. The van der Waals surface area contributed by atoms with Gasteiger partial charge in [-0.3, -0.25) is 10.1 Å². The first-order valence-corrected chi connectivity index (χ1v) is 11.3.